The van der Waals surface area contributed by atoms with Crippen molar-refractivity contribution in [2.24, 2.45) is 0 Å². The van der Waals surface area contributed by atoms with Crippen molar-refractivity contribution in [1.29, 1.82) is 0 Å². The summed E-state index contributed by atoms with van der Waals surface area (Å²) in [6, 6.07) is 12.4. The van der Waals surface area contributed by atoms with E-state index in [4.69, 9.17) is 0 Å². The number of fused-ring (bicyclic) bond motifs is 1. The highest BCUT2D eigenvalue weighted by molar-refractivity contribution is 5.94. The predicted molar refractivity (Wildman–Crippen MR) is 83.8 cm³/mol. The lowest BCUT2D eigenvalue weighted by molar-refractivity contribution is -0.385. The molecule has 2 aromatic carbocycles. The Morgan fingerprint density at radius 1 is 1.18 bits per heavy atom. The van der Waals surface area contributed by atoms with Crippen LogP contribution in [0.4, 0.5) is 17.1 Å². The van der Waals surface area contributed by atoms with Gasteiger partial charge in [0.15, 0.2) is 0 Å². The summed E-state index contributed by atoms with van der Waals surface area (Å²) < 4.78 is 0. The third kappa shape index (κ3) is 2.90. The van der Waals surface area contributed by atoms with Crippen molar-refractivity contribution in [2.75, 3.05) is 10.6 Å². The van der Waals surface area contributed by atoms with Gasteiger partial charge < -0.3 is 10.6 Å². The molecule has 1 aliphatic rings. The van der Waals surface area contributed by atoms with E-state index in [9.17, 15) is 14.9 Å². The molecular weight excluding hydrogens is 282 g/mol. The highest BCUT2D eigenvalue weighted by atomic mass is 16.6. The summed E-state index contributed by atoms with van der Waals surface area (Å²) in [7, 11) is 0. The summed E-state index contributed by atoms with van der Waals surface area (Å²) in [5.74, 6) is 0.0170. The molecule has 6 nitrogen and oxygen atoms in total. The molecule has 0 unspecified atom stereocenters. The maximum atomic E-state index is 11.4. The van der Waals surface area contributed by atoms with Gasteiger partial charge >= 0.3 is 0 Å². The fourth-order valence-electron chi connectivity index (χ4n) is 2.52. The predicted octanol–water partition coefficient (Wildman–Crippen LogP) is 3.09. The van der Waals surface area contributed by atoms with Crippen molar-refractivity contribution in [1.82, 2.24) is 0 Å². The van der Waals surface area contributed by atoms with E-state index in [0.717, 1.165) is 23.4 Å². The second-order valence-corrected chi connectivity index (χ2v) is 5.16. The van der Waals surface area contributed by atoms with Crippen molar-refractivity contribution in [3.63, 3.8) is 0 Å². The molecule has 0 saturated carbocycles. The molecule has 22 heavy (non-hydrogen) atoms. The first-order valence-electron chi connectivity index (χ1n) is 7.02. The van der Waals surface area contributed by atoms with Gasteiger partial charge in [0.25, 0.3) is 5.69 Å². The van der Waals surface area contributed by atoms with Crippen LogP contribution in [0, 0.1) is 10.1 Å². The number of benzene rings is 2. The zero-order valence-electron chi connectivity index (χ0n) is 11.8. The number of carbonyl (C=O) groups excluding carboxylic acids is 1. The minimum Gasteiger partial charge on any atom is -0.381 e. The number of rotatable bonds is 4. The molecule has 0 aromatic heterocycles. The first kappa shape index (κ1) is 14.1. The Morgan fingerprint density at radius 3 is 2.82 bits per heavy atom. The van der Waals surface area contributed by atoms with Gasteiger partial charge in [-0.15, -0.1) is 0 Å². The topological polar surface area (TPSA) is 84.3 Å². The molecule has 2 N–H and O–H groups in total. The Kier molecular flexibility index (Phi) is 3.74. The number of para-hydroxylation sites is 1. The maximum Gasteiger partial charge on any atom is 0.274 e. The van der Waals surface area contributed by atoms with E-state index in [1.807, 2.05) is 18.2 Å². The number of nitro groups is 1. The zero-order valence-corrected chi connectivity index (χ0v) is 11.8. The van der Waals surface area contributed by atoms with Crippen LogP contribution in [-0.4, -0.2) is 10.8 Å². The normalized spacial score (nSPS) is 13.2. The standard InChI is InChI=1S/C16H15N3O3/c20-16-8-6-11-5-7-13(9-14(11)18-16)17-10-12-3-1-2-4-15(12)19(21)22/h1-5,7,9,17H,6,8,10H2,(H,18,20). The summed E-state index contributed by atoms with van der Waals surface area (Å²) in [5.41, 5.74) is 3.45. The molecule has 1 amide bonds. The lowest BCUT2D eigenvalue weighted by Gasteiger charge is -2.18. The van der Waals surface area contributed by atoms with Crippen LogP contribution in [0.3, 0.4) is 0 Å². The number of nitrogens with one attached hydrogen (secondary N) is 2. The Bertz CT molecular complexity index is 743. The molecule has 112 valence electrons. The number of nitro benzene ring substituents is 1. The smallest absolute Gasteiger partial charge is 0.274 e. The quantitative estimate of drug-likeness (QED) is 0.671. The van der Waals surface area contributed by atoms with Crippen molar-refractivity contribution in [2.45, 2.75) is 19.4 Å². The molecule has 0 atom stereocenters. The van der Waals surface area contributed by atoms with Gasteiger partial charge in [-0.1, -0.05) is 24.3 Å². The SMILES string of the molecule is O=C1CCc2ccc(NCc3ccccc3[N+](=O)[O-])cc2N1. The van der Waals surface area contributed by atoms with E-state index in [1.165, 1.54) is 6.07 Å². The highest BCUT2D eigenvalue weighted by Gasteiger charge is 2.15. The van der Waals surface area contributed by atoms with Crippen molar-refractivity contribution >= 4 is 23.0 Å². The molecule has 0 aliphatic carbocycles. The van der Waals surface area contributed by atoms with Crippen LogP contribution in [0.25, 0.3) is 0 Å². The molecule has 0 saturated heterocycles. The average Bonchev–Trinajstić information content (AvgIpc) is 2.52. The van der Waals surface area contributed by atoms with E-state index in [0.29, 0.717) is 18.5 Å². The number of carbonyl (C=O) groups is 1. The van der Waals surface area contributed by atoms with Crippen molar-refractivity contribution in [3.8, 4) is 0 Å². The average molecular weight is 297 g/mol. The Hall–Kier alpha value is -2.89. The molecule has 6 heteroatoms. The lowest BCUT2D eigenvalue weighted by Crippen LogP contribution is -2.19. The molecule has 0 bridgehead atoms. The van der Waals surface area contributed by atoms with Gasteiger partial charge in [-0.3, -0.25) is 14.9 Å². The maximum absolute atomic E-state index is 11.4. The molecule has 1 heterocycles. The highest BCUT2D eigenvalue weighted by Crippen LogP contribution is 2.27. The minimum atomic E-state index is -0.385. The molecular formula is C16H15N3O3. The van der Waals surface area contributed by atoms with Gasteiger partial charge in [0.05, 0.1) is 4.92 Å². The first-order valence-corrected chi connectivity index (χ1v) is 7.02. The largest absolute Gasteiger partial charge is 0.381 e. The van der Waals surface area contributed by atoms with E-state index < -0.39 is 0 Å². The summed E-state index contributed by atoms with van der Waals surface area (Å²) >= 11 is 0. The molecule has 3 rings (SSSR count). The van der Waals surface area contributed by atoms with Gasteiger partial charge in [-0.25, -0.2) is 0 Å². The molecule has 1 aliphatic heterocycles. The molecule has 0 radical (unpaired) electrons. The van der Waals surface area contributed by atoms with Gasteiger partial charge in [0.2, 0.25) is 5.91 Å². The number of amides is 1. The van der Waals surface area contributed by atoms with Gasteiger partial charge in [-0.05, 0) is 24.1 Å². The Labute approximate surface area is 127 Å². The lowest BCUT2D eigenvalue weighted by atomic mass is 10.0. The van der Waals surface area contributed by atoms with Gasteiger partial charge in [-0.2, -0.15) is 0 Å². The fraction of sp³-hybridized carbons (Fsp3) is 0.188. The number of hydrogen-bond acceptors (Lipinski definition) is 4. The van der Waals surface area contributed by atoms with Crippen molar-refractivity contribution < 1.29 is 9.72 Å². The summed E-state index contributed by atoms with van der Waals surface area (Å²) in [6.07, 6.45) is 1.25. The zero-order chi connectivity index (χ0) is 15.5. The summed E-state index contributed by atoms with van der Waals surface area (Å²) in [4.78, 5) is 22.0. The van der Waals surface area contributed by atoms with Crippen LogP contribution in [-0.2, 0) is 17.8 Å². The van der Waals surface area contributed by atoms with Crippen LogP contribution >= 0.6 is 0 Å². The van der Waals surface area contributed by atoms with E-state index >= 15 is 0 Å². The van der Waals surface area contributed by atoms with Crippen LogP contribution in [0.15, 0.2) is 42.5 Å². The first-order chi connectivity index (χ1) is 10.6. The minimum absolute atomic E-state index is 0.0170. The molecule has 0 fully saturated rings. The second-order valence-electron chi connectivity index (χ2n) is 5.16. The fourth-order valence-corrected chi connectivity index (χ4v) is 2.52. The summed E-state index contributed by atoms with van der Waals surface area (Å²) in [6.45, 7) is 0.351. The third-order valence-corrected chi connectivity index (χ3v) is 3.68. The Morgan fingerprint density at radius 2 is 2.00 bits per heavy atom. The van der Waals surface area contributed by atoms with Crippen LogP contribution in [0.5, 0.6) is 0 Å². The molecule has 0 spiro atoms. The van der Waals surface area contributed by atoms with Gasteiger partial charge in [0.1, 0.15) is 0 Å². The van der Waals surface area contributed by atoms with E-state index in [2.05, 4.69) is 10.6 Å². The molecule has 2 aromatic rings. The number of hydrogen-bond donors (Lipinski definition) is 2. The Balaban J connectivity index is 1.76. The monoisotopic (exact) mass is 297 g/mol. The van der Waals surface area contributed by atoms with Crippen molar-refractivity contribution in [3.05, 3.63) is 63.7 Å². The number of aryl methyl sites for hydroxylation is 1. The van der Waals surface area contributed by atoms with E-state index in [-0.39, 0.29) is 16.5 Å². The van der Waals surface area contributed by atoms with Crippen LogP contribution in [0.1, 0.15) is 17.5 Å². The number of anilines is 2. The summed E-state index contributed by atoms with van der Waals surface area (Å²) in [5, 5.41) is 17.0. The number of nitrogens with zero attached hydrogens (tertiary/aromatic N) is 1. The second kappa shape index (κ2) is 5.85. The van der Waals surface area contributed by atoms with Gasteiger partial charge in [0, 0.05) is 36.0 Å². The third-order valence-electron chi connectivity index (χ3n) is 3.68. The van der Waals surface area contributed by atoms with Crippen LogP contribution in [0.2, 0.25) is 0 Å². The van der Waals surface area contributed by atoms with Crippen LogP contribution < -0.4 is 10.6 Å². The van der Waals surface area contributed by atoms with E-state index in [1.54, 1.807) is 18.2 Å².